The van der Waals surface area contributed by atoms with Crippen LogP contribution in [-0.2, 0) is 6.42 Å². The molecule has 31 heavy (non-hydrogen) atoms. The number of nitrogens with zero attached hydrogens (tertiary/aromatic N) is 4. The number of benzene rings is 1. The summed E-state index contributed by atoms with van der Waals surface area (Å²) in [6.45, 7) is 4.97. The van der Waals surface area contributed by atoms with Crippen molar-refractivity contribution in [1.82, 2.24) is 20.3 Å². The van der Waals surface area contributed by atoms with Gasteiger partial charge in [0.05, 0.1) is 6.61 Å². The molecule has 0 unspecified atom stereocenters. The molecule has 0 atom stereocenters. The molecular weight excluding hydrogens is 394 g/mol. The fourth-order valence-corrected chi connectivity index (χ4v) is 3.28. The van der Waals surface area contributed by atoms with Crippen LogP contribution in [0.25, 0.3) is 0 Å². The first-order valence-corrected chi connectivity index (χ1v) is 10.5. The van der Waals surface area contributed by atoms with Crippen molar-refractivity contribution in [2.75, 3.05) is 50.9 Å². The van der Waals surface area contributed by atoms with E-state index in [9.17, 15) is 0 Å². The highest BCUT2D eigenvalue weighted by Gasteiger charge is 2.17. The van der Waals surface area contributed by atoms with Crippen LogP contribution in [0.5, 0.6) is 17.4 Å². The monoisotopic (exact) mass is 421 g/mol. The number of anilines is 1. The van der Waals surface area contributed by atoms with Crippen molar-refractivity contribution in [3.05, 3.63) is 66.7 Å². The Hall–Kier alpha value is -3.39. The van der Waals surface area contributed by atoms with Gasteiger partial charge in [0.15, 0.2) is 5.82 Å². The largest absolute Gasteiger partial charge is 0.493 e. The third kappa shape index (κ3) is 6.29. The number of aromatic nitrogens is 3. The van der Waals surface area contributed by atoms with Gasteiger partial charge in [-0.05, 0) is 24.3 Å². The third-order valence-corrected chi connectivity index (χ3v) is 4.81. The number of nitrogens with one attached hydrogen (secondary N) is 1. The topological polar surface area (TPSA) is 81.6 Å². The molecule has 1 N–H and O–H groups in total. The molecule has 0 spiro atoms. The van der Waals surface area contributed by atoms with Gasteiger partial charge in [-0.25, -0.2) is 9.97 Å². The fraction of sp³-hybridized carbons (Fsp3) is 0.348. The lowest BCUT2D eigenvalue weighted by molar-refractivity contribution is 0.211. The first kappa shape index (κ1) is 20.9. The van der Waals surface area contributed by atoms with Crippen LogP contribution in [0.1, 0.15) is 5.69 Å². The van der Waals surface area contributed by atoms with Crippen LogP contribution >= 0.6 is 0 Å². The molecule has 3 heterocycles. The summed E-state index contributed by atoms with van der Waals surface area (Å²) in [5, 5.41) is 3.34. The maximum atomic E-state index is 5.86. The van der Waals surface area contributed by atoms with Crippen LogP contribution in [0, 0.1) is 0 Å². The zero-order valence-corrected chi connectivity index (χ0v) is 17.4. The molecule has 1 fully saturated rings. The number of hydrogen-bond acceptors (Lipinski definition) is 8. The molecule has 0 saturated carbocycles. The van der Waals surface area contributed by atoms with Crippen LogP contribution in [0.15, 0.2) is 61.1 Å². The summed E-state index contributed by atoms with van der Waals surface area (Å²) in [5.41, 5.74) is 1.01. The predicted octanol–water partition coefficient (Wildman–Crippen LogP) is 2.36. The lowest BCUT2D eigenvalue weighted by atomic mass is 10.3. The minimum absolute atomic E-state index is 0.378. The second kappa shape index (κ2) is 11.1. The summed E-state index contributed by atoms with van der Waals surface area (Å²) < 4.78 is 17.5. The number of ether oxygens (including phenoxy) is 3. The van der Waals surface area contributed by atoms with Gasteiger partial charge in [0.25, 0.3) is 5.88 Å². The summed E-state index contributed by atoms with van der Waals surface area (Å²) >= 11 is 0. The lowest BCUT2D eigenvalue weighted by Crippen LogP contribution is -2.44. The molecule has 3 aromatic rings. The minimum Gasteiger partial charge on any atom is -0.493 e. The Balaban J connectivity index is 1.23. The zero-order chi connectivity index (χ0) is 21.1. The zero-order valence-electron chi connectivity index (χ0n) is 17.4. The molecule has 8 heteroatoms. The molecule has 4 rings (SSSR count). The number of hydrogen-bond donors (Lipinski definition) is 1. The van der Waals surface area contributed by atoms with E-state index in [1.165, 1.54) is 0 Å². The van der Waals surface area contributed by atoms with Crippen LogP contribution in [0.4, 0.5) is 5.82 Å². The van der Waals surface area contributed by atoms with Crippen molar-refractivity contribution in [2.24, 2.45) is 0 Å². The standard InChI is InChI=1S/C23H27N5O3/c1-2-8-25-19(4-1)7-15-29-20-5-3-6-21(18-20)30-16-17-31-23-22(26-9-10-27-23)28-13-11-24-12-14-28/h1-6,8-10,18,24H,7,11-17H2. The van der Waals surface area contributed by atoms with E-state index < -0.39 is 0 Å². The van der Waals surface area contributed by atoms with E-state index in [4.69, 9.17) is 14.2 Å². The molecule has 1 aliphatic heterocycles. The van der Waals surface area contributed by atoms with E-state index in [1.807, 2.05) is 42.5 Å². The third-order valence-electron chi connectivity index (χ3n) is 4.81. The molecule has 0 bridgehead atoms. The Labute approximate surface area is 182 Å². The Morgan fingerprint density at radius 1 is 0.774 bits per heavy atom. The molecule has 0 amide bonds. The van der Waals surface area contributed by atoms with Gasteiger partial charge >= 0.3 is 0 Å². The smallest absolute Gasteiger partial charge is 0.257 e. The molecule has 8 nitrogen and oxygen atoms in total. The second-order valence-corrected chi connectivity index (χ2v) is 7.01. The Morgan fingerprint density at radius 3 is 2.35 bits per heavy atom. The lowest BCUT2D eigenvalue weighted by Gasteiger charge is -2.28. The maximum absolute atomic E-state index is 5.86. The minimum atomic E-state index is 0.378. The van der Waals surface area contributed by atoms with Crippen molar-refractivity contribution in [1.29, 1.82) is 0 Å². The first-order valence-electron chi connectivity index (χ1n) is 10.5. The Kier molecular flexibility index (Phi) is 7.49. The van der Waals surface area contributed by atoms with Crippen molar-refractivity contribution >= 4 is 5.82 Å². The average molecular weight is 422 g/mol. The van der Waals surface area contributed by atoms with Crippen molar-refractivity contribution in [3.8, 4) is 17.4 Å². The van der Waals surface area contributed by atoms with Crippen LogP contribution in [0.2, 0.25) is 0 Å². The molecule has 1 saturated heterocycles. The quantitative estimate of drug-likeness (QED) is 0.500. The van der Waals surface area contributed by atoms with Crippen molar-refractivity contribution in [2.45, 2.75) is 6.42 Å². The number of pyridine rings is 1. The first-order chi connectivity index (χ1) is 15.4. The molecule has 2 aromatic heterocycles. The molecule has 0 aliphatic carbocycles. The van der Waals surface area contributed by atoms with Gasteiger partial charge in [-0.2, -0.15) is 0 Å². The average Bonchev–Trinajstić information content (AvgIpc) is 2.84. The van der Waals surface area contributed by atoms with Crippen molar-refractivity contribution < 1.29 is 14.2 Å². The Morgan fingerprint density at radius 2 is 1.55 bits per heavy atom. The van der Waals surface area contributed by atoms with Gasteiger partial charge in [-0.15, -0.1) is 0 Å². The Bertz CT molecular complexity index is 935. The van der Waals surface area contributed by atoms with Crippen LogP contribution < -0.4 is 24.4 Å². The van der Waals surface area contributed by atoms with E-state index in [1.54, 1.807) is 18.6 Å². The fourth-order valence-electron chi connectivity index (χ4n) is 3.28. The predicted molar refractivity (Wildman–Crippen MR) is 118 cm³/mol. The van der Waals surface area contributed by atoms with Crippen LogP contribution in [-0.4, -0.2) is 61.0 Å². The summed E-state index contributed by atoms with van der Waals surface area (Å²) in [4.78, 5) is 15.3. The van der Waals surface area contributed by atoms with E-state index in [0.29, 0.717) is 25.7 Å². The van der Waals surface area contributed by atoms with E-state index in [-0.39, 0.29) is 0 Å². The van der Waals surface area contributed by atoms with E-state index in [2.05, 4.69) is 25.2 Å². The van der Waals surface area contributed by atoms with E-state index in [0.717, 1.165) is 55.6 Å². The number of rotatable bonds is 10. The van der Waals surface area contributed by atoms with Crippen LogP contribution in [0.3, 0.4) is 0 Å². The summed E-state index contributed by atoms with van der Waals surface area (Å²) in [6, 6.07) is 13.5. The van der Waals surface area contributed by atoms with Gasteiger partial charge in [0.2, 0.25) is 0 Å². The number of piperazine rings is 1. The van der Waals surface area contributed by atoms with E-state index >= 15 is 0 Å². The molecule has 1 aromatic carbocycles. The van der Waals surface area contributed by atoms with Gasteiger partial charge in [0.1, 0.15) is 24.7 Å². The molecular formula is C23H27N5O3. The second-order valence-electron chi connectivity index (χ2n) is 7.01. The SMILES string of the molecule is c1ccc(CCOc2cccc(OCCOc3nccnc3N3CCNCC3)c2)nc1. The summed E-state index contributed by atoms with van der Waals surface area (Å²) in [7, 11) is 0. The summed E-state index contributed by atoms with van der Waals surface area (Å²) in [5.74, 6) is 2.83. The molecule has 162 valence electrons. The van der Waals surface area contributed by atoms with Gasteiger partial charge in [-0.3, -0.25) is 4.98 Å². The van der Waals surface area contributed by atoms with Gasteiger partial charge in [-0.1, -0.05) is 12.1 Å². The summed E-state index contributed by atoms with van der Waals surface area (Å²) in [6.07, 6.45) is 5.89. The van der Waals surface area contributed by atoms with Crippen molar-refractivity contribution in [3.63, 3.8) is 0 Å². The molecule has 0 radical (unpaired) electrons. The highest BCUT2D eigenvalue weighted by atomic mass is 16.5. The highest BCUT2D eigenvalue weighted by molar-refractivity contribution is 5.48. The highest BCUT2D eigenvalue weighted by Crippen LogP contribution is 2.23. The normalized spacial score (nSPS) is 13.6. The molecule has 1 aliphatic rings. The van der Waals surface area contributed by atoms with Gasteiger partial charge in [0, 0.05) is 63.0 Å². The maximum Gasteiger partial charge on any atom is 0.257 e. The van der Waals surface area contributed by atoms with Gasteiger partial charge < -0.3 is 24.4 Å².